The summed E-state index contributed by atoms with van der Waals surface area (Å²) < 4.78 is 5.36. The maximum Gasteiger partial charge on any atom is 0.252 e. The molecule has 1 amide bonds. The number of nitrogens with one attached hydrogen (secondary N) is 1. The van der Waals surface area contributed by atoms with E-state index in [1.54, 1.807) is 19.5 Å². The van der Waals surface area contributed by atoms with Crippen molar-refractivity contribution in [3.8, 4) is 17.0 Å². The first kappa shape index (κ1) is 17.7. The molecule has 0 unspecified atom stereocenters. The van der Waals surface area contributed by atoms with Crippen molar-refractivity contribution in [1.82, 2.24) is 15.3 Å². The zero-order chi connectivity index (χ0) is 19.3. The number of ether oxygens (including phenoxy) is 1. The lowest BCUT2D eigenvalue weighted by Crippen LogP contribution is -2.23. The number of fused-ring (bicyclic) bond motifs is 1. The van der Waals surface area contributed by atoms with Crippen LogP contribution < -0.4 is 10.1 Å². The quantitative estimate of drug-likeness (QED) is 0.572. The Labute approximate surface area is 163 Å². The van der Waals surface area contributed by atoms with Crippen LogP contribution in [0.3, 0.4) is 0 Å². The summed E-state index contributed by atoms with van der Waals surface area (Å²) in [5, 5.41) is 3.71. The van der Waals surface area contributed by atoms with E-state index >= 15 is 0 Å². The molecule has 138 valence electrons. The Balaban J connectivity index is 1.69. The van der Waals surface area contributed by atoms with Gasteiger partial charge < -0.3 is 10.1 Å². The van der Waals surface area contributed by atoms with E-state index in [1.165, 1.54) is 0 Å². The number of hydrogen-bond acceptors (Lipinski definition) is 4. The molecule has 5 nitrogen and oxygen atoms in total. The Morgan fingerprint density at radius 2 is 1.82 bits per heavy atom. The molecule has 0 atom stereocenters. The standard InChI is InChI=1S/C23H19N3O2/c1-28-22-10-6-5-9-17(22)14-25-23(27)18-13-21(16-7-3-2-4-8-16)26-20-11-12-24-15-19(18)20/h2-13,15H,14H2,1H3,(H,25,27). The molecule has 0 aliphatic heterocycles. The van der Waals surface area contributed by atoms with Crippen LogP contribution >= 0.6 is 0 Å². The van der Waals surface area contributed by atoms with E-state index in [-0.39, 0.29) is 5.91 Å². The molecule has 2 aromatic heterocycles. The first-order valence-corrected chi connectivity index (χ1v) is 8.96. The molecule has 0 aliphatic rings. The van der Waals surface area contributed by atoms with Gasteiger partial charge in [0.1, 0.15) is 5.75 Å². The minimum atomic E-state index is -0.177. The lowest BCUT2D eigenvalue weighted by Gasteiger charge is -2.12. The van der Waals surface area contributed by atoms with Gasteiger partial charge in [0, 0.05) is 35.5 Å². The fourth-order valence-electron chi connectivity index (χ4n) is 3.13. The van der Waals surface area contributed by atoms with Gasteiger partial charge in [-0.1, -0.05) is 48.5 Å². The second-order valence-corrected chi connectivity index (χ2v) is 6.31. The predicted octanol–water partition coefficient (Wildman–Crippen LogP) is 4.24. The highest BCUT2D eigenvalue weighted by molar-refractivity contribution is 6.06. The first-order chi connectivity index (χ1) is 13.8. The van der Waals surface area contributed by atoms with E-state index in [1.807, 2.05) is 66.7 Å². The topological polar surface area (TPSA) is 64.1 Å². The summed E-state index contributed by atoms with van der Waals surface area (Å²) in [6.07, 6.45) is 3.36. The summed E-state index contributed by atoms with van der Waals surface area (Å²) in [5.41, 5.74) is 3.91. The number of carbonyl (C=O) groups excluding carboxylic acids is 1. The Bertz CT molecular complexity index is 1130. The van der Waals surface area contributed by atoms with Crippen LogP contribution in [0.2, 0.25) is 0 Å². The number of pyridine rings is 2. The maximum atomic E-state index is 13.0. The molecule has 0 fully saturated rings. The third-order valence-corrected chi connectivity index (χ3v) is 4.56. The smallest absolute Gasteiger partial charge is 0.252 e. The average Bonchev–Trinajstić information content (AvgIpc) is 2.77. The zero-order valence-corrected chi connectivity index (χ0v) is 15.4. The van der Waals surface area contributed by atoms with Crippen LogP contribution in [-0.4, -0.2) is 23.0 Å². The van der Waals surface area contributed by atoms with E-state index in [9.17, 15) is 4.79 Å². The molecule has 28 heavy (non-hydrogen) atoms. The van der Waals surface area contributed by atoms with Gasteiger partial charge in [-0.05, 0) is 18.2 Å². The lowest BCUT2D eigenvalue weighted by molar-refractivity contribution is 0.0952. The third kappa shape index (κ3) is 3.55. The lowest BCUT2D eigenvalue weighted by atomic mass is 10.0. The van der Waals surface area contributed by atoms with Crippen LogP contribution in [0, 0.1) is 0 Å². The summed E-state index contributed by atoms with van der Waals surface area (Å²) in [5.74, 6) is 0.567. The molecular formula is C23H19N3O2. The molecule has 0 saturated carbocycles. The molecule has 0 saturated heterocycles. The monoisotopic (exact) mass is 369 g/mol. The number of para-hydroxylation sites is 1. The zero-order valence-electron chi connectivity index (χ0n) is 15.4. The number of methoxy groups -OCH3 is 1. The molecule has 1 N–H and O–H groups in total. The Morgan fingerprint density at radius 1 is 1.04 bits per heavy atom. The van der Waals surface area contributed by atoms with Crippen molar-refractivity contribution in [2.45, 2.75) is 6.54 Å². The number of amides is 1. The SMILES string of the molecule is COc1ccccc1CNC(=O)c1cc(-c2ccccc2)nc2ccncc12. The number of hydrogen-bond donors (Lipinski definition) is 1. The van der Waals surface area contributed by atoms with Gasteiger partial charge in [-0.25, -0.2) is 4.98 Å². The molecule has 0 bridgehead atoms. The minimum Gasteiger partial charge on any atom is -0.496 e. The van der Waals surface area contributed by atoms with Gasteiger partial charge in [0.2, 0.25) is 0 Å². The summed E-state index contributed by atoms with van der Waals surface area (Å²) in [7, 11) is 1.62. The summed E-state index contributed by atoms with van der Waals surface area (Å²) in [6.45, 7) is 0.369. The van der Waals surface area contributed by atoms with Crippen molar-refractivity contribution in [3.63, 3.8) is 0 Å². The van der Waals surface area contributed by atoms with Gasteiger partial charge in [0.15, 0.2) is 0 Å². The van der Waals surface area contributed by atoms with Crippen molar-refractivity contribution in [3.05, 3.63) is 90.3 Å². The molecule has 0 spiro atoms. The molecular weight excluding hydrogens is 350 g/mol. The number of aromatic nitrogens is 2. The minimum absolute atomic E-state index is 0.177. The fraction of sp³-hybridized carbons (Fsp3) is 0.0870. The highest BCUT2D eigenvalue weighted by Gasteiger charge is 2.14. The van der Waals surface area contributed by atoms with Crippen LogP contribution in [0.15, 0.2) is 79.1 Å². The summed E-state index contributed by atoms with van der Waals surface area (Å²) >= 11 is 0. The fourth-order valence-corrected chi connectivity index (χ4v) is 3.13. The first-order valence-electron chi connectivity index (χ1n) is 8.96. The molecule has 4 rings (SSSR count). The van der Waals surface area contributed by atoms with Crippen molar-refractivity contribution < 1.29 is 9.53 Å². The van der Waals surface area contributed by atoms with Crippen molar-refractivity contribution in [2.75, 3.05) is 7.11 Å². The van der Waals surface area contributed by atoms with Crippen molar-refractivity contribution in [2.24, 2.45) is 0 Å². The van der Waals surface area contributed by atoms with Crippen LogP contribution in [-0.2, 0) is 6.54 Å². The van der Waals surface area contributed by atoms with Crippen molar-refractivity contribution >= 4 is 16.8 Å². The third-order valence-electron chi connectivity index (χ3n) is 4.56. The van der Waals surface area contributed by atoms with Crippen LogP contribution in [0.4, 0.5) is 0 Å². The number of benzene rings is 2. The second-order valence-electron chi connectivity index (χ2n) is 6.31. The van der Waals surface area contributed by atoms with E-state index < -0.39 is 0 Å². The van der Waals surface area contributed by atoms with Gasteiger partial charge >= 0.3 is 0 Å². The van der Waals surface area contributed by atoms with E-state index in [0.29, 0.717) is 12.1 Å². The molecule has 2 aromatic carbocycles. The molecule has 0 radical (unpaired) electrons. The predicted molar refractivity (Wildman–Crippen MR) is 109 cm³/mol. The largest absolute Gasteiger partial charge is 0.496 e. The molecule has 2 heterocycles. The average molecular weight is 369 g/mol. The van der Waals surface area contributed by atoms with Gasteiger partial charge in [-0.2, -0.15) is 0 Å². The Kier molecular flexibility index (Phi) is 4.97. The van der Waals surface area contributed by atoms with Crippen LogP contribution in [0.5, 0.6) is 5.75 Å². The summed E-state index contributed by atoms with van der Waals surface area (Å²) in [6, 6.07) is 21.1. The van der Waals surface area contributed by atoms with Crippen LogP contribution in [0.25, 0.3) is 22.2 Å². The Morgan fingerprint density at radius 3 is 2.64 bits per heavy atom. The van der Waals surface area contributed by atoms with Crippen molar-refractivity contribution in [1.29, 1.82) is 0 Å². The molecule has 5 heteroatoms. The second kappa shape index (κ2) is 7.88. The van der Waals surface area contributed by atoms with E-state index in [4.69, 9.17) is 9.72 Å². The highest BCUT2D eigenvalue weighted by Crippen LogP contribution is 2.24. The normalized spacial score (nSPS) is 10.6. The highest BCUT2D eigenvalue weighted by atomic mass is 16.5. The number of nitrogens with zero attached hydrogens (tertiary/aromatic N) is 2. The van der Waals surface area contributed by atoms with Crippen LogP contribution in [0.1, 0.15) is 15.9 Å². The van der Waals surface area contributed by atoms with Gasteiger partial charge in [0.25, 0.3) is 5.91 Å². The molecule has 4 aromatic rings. The Hall–Kier alpha value is -3.73. The van der Waals surface area contributed by atoms with Gasteiger partial charge in [-0.15, -0.1) is 0 Å². The van der Waals surface area contributed by atoms with Gasteiger partial charge in [-0.3, -0.25) is 9.78 Å². The number of carbonyl (C=O) groups is 1. The van der Waals surface area contributed by atoms with Gasteiger partial charge in [0.05, 0.1) is 23.9 Å². The number of rotatable bonds is 5. The summed E-state index contributed by atoms with van der Waals surface area (Å²) in [4.78, 5) is 21.9. The molecule has 0 aliphatic carbocycles. The van der Waals surface area contributed by atoms with E-state index in [0.717, 1.165) is 33.5 Å². The van der Waals surface area contributed by atoms with E-state index in [2.05, 4.69) is 10.3 Å². The maximum absolute atomic E-state index is 13.0.